The Kier molecular flexibility index (Phi) is 3.88. The van der Waals surface area contributed by atoms with Crippen molar-refractivity contribution in [1.29, 1.82) is 0 Å². The van der Waals surface area contributed by atoms with E-state index >= 15 is 0 Å². The maximum atomic E-state index is 5.63. The third-order valence-corrected chi connectivity index (χ3v) is 5.17. The van der Waals surface area contributed by atoms with Gasteiger partial charge in [-0.3, -0.25) is 0 Å². The Morgan fingerprint density at radius 1 is 1.38 bits per heavy atom. The molecule has 0 spiro atoms. The van der Waals surface area contributed by atoms with E-state index in [0.29, 0.717) is 11.7 Å². The highest BCUT2D eigenvalue weighted by Crippen LogP contribution is 2.38. The Hall–Kier alpha value is -1.20. The van der Waals surface area contributed by atoms with Crippen LogP contribution in [0.15, 0.2) is 27.2 Å². The first kappa shape index (κ1) is 14.7. The summed E-state index contributed by atoms with van der Waals surface area (Å²) in [6.07, 6.45) is 1.04. The quantitative estimate of drug-likeness (QED) is 0.917. The van der Waals surface area contributed by atoms with Crippen molar-refractivity contribution in [2.75, 3.05) is 13.1 Å². The van der Waals surface area contributed by atoms with Crippen LogP contribution in [0.5, 0.6) is 0 Å². The average Bonchev–Trinajstić information content (AvgIpc) is 3.08. The summed E-state index contributed by atoms with van der Waals surface area (Å²) in [6, 6.07) is 6.16. The lowest BCUT2D eigenvalue weighted by Gasteiger charge is -2.28. The van der Waals surface area contributed by atoms with Crippen LogP contribution in [0.2, 0.25) is 0 Å². The highest BCUT2D eigenvalue weighted by Gasteiger charge is 2.43. The summed E-state index contributed by atoms with van der Waals surface area (Å²) in [6.45, 7) is 8.41. The van der Waals surface area contributed by atoms with Crippen molar-refractivity contribution in [3.8, 4) is 11.4 Å². The Morgan fingerprint density at radius 2 is 2.19 bits per heavy atom. The second kappa shape index (κ2) is 5.54. The number of nitrogens with zero attached hydrogens (tertiary/aromatic N) is 2. The third kappa shape index (κ3) is 2.53. The molecule has 1 aliphatic heterocycles. The lowest BCUT2D eigenvalue weighted by atomic mass is 9.76. The fourth-order valence-corrected chi connectivity index (χ4v) is 3.64. The van der Waals surface area contributed by atoms with Crippen molar-refractivity contribution in [1.82, 2.24) is 15.5 Å². The minimum atomic E-state index is -0.0393. The average molecular weight is 350 g/mol. The lowest BCUT2D eigenvalue weighted by Crippen LogP contribution is -2.35. The van der Waals surface area contributed by atoms with Gasteiger partial charge in [0.2, 0.25) is 11.7 Å². The summed E-state index contributed by atoms with van der Waals surface area (Å²) in [5.74, 6) is 1.87. The molecule has 0 radical (unpaired) electrons. The Balaban J connectivity index is 2.00. The highest BCUT2D eigenvalue weighted by atomic mass is 79.9. The molecule has 112 valence electrons. The Morgan fingerprint density at radius 3 is 2.81 bits per heavy atom. The fourth-order valence-electron chi connectivity index (χ4n) is 2.97. The molecule has 0 saturated carbocycles. The number of aromatic nitrogens is 2. The molecule has 0 aliphatic carbocycles. The fraction of sp³-hybridized carbons (Fsp3) is 0.500. The van der Waals surface area contributed by atoms with Gasteiger partial charge in [0.1, 0.15) is 0 Å². The monoisotopic (exact) mass is 349 g/mol. The van der Waals surface area contributed by atoms with E-state index in [-0.39, 0.29) is 5.41 Å². The number of hydrogen-bond acceptors (Lipinski definition) is 4. The highest BCUT2D eigenvalue weighted by molar-refractivity contribution is 9.10. The van der Waals surface area contributed by atoms with Gasteiger partial charge < -0.3 is 9.84 Å². The van der Waals surface area contributed by atoms with Crippen LogP contribution >= 0.6 is 15.9 Å². The summed E-state index contributed by atoms with van der Waals surface area (Å²) in [5.41, 5.74) is 2.14. The van der Waals surface area contributed by atoms with Gasteiger partial charge in [-0.1, -0.05) is 41.0 Å². The molecule has 1 aromatic heterocycles. The van der Waals surface area contributed by atoms with E-state index in [9.17, 15) is 0 Å². The van der Waals surface area contributed by atoms with Gasteiger partial charge in [0.25, 0.3) is 0 Å². The second-order valence-electron chi connectivity index (χ2n) is 6.14. The normalized spacial score (nSPS) is 22.1. The first-order valence-electron chi connectivity index (χ1n) is 7.34. The molecular formula is C16H20BrN3O. The summed E-state index contributed by atoms with van der Waals surface area (Å²) in [7, 11) is 0. The maximum Gasteiger partial charge on any atom is 0.234 e. The zero-order valence-corrected chi connectivity index (χ0v) is 14.2. The van der Waals surface area contributed by atoms with Gasteiger partial charge in [0.15, 0.2) is 0 Å². The zero-order chi connectivity index (χ0) is 15.0. The number of rotatable bonds is 3. The van der Waals surface area contributed by atoms with Crippen LogP contribution in [-0.2, 0) is 5.41 Å². The van der Waals surface area contributed by atoms with Gasteiger partial charge in [-0.2, -0.15) is 4.98 Å². The second-order valence-corrected chi connectivity index (χ2v) is 7.00. The smallest absolute Gasteiger partial charge is 0.234 e. The van der Waals surface area contributed by atoms with E-state index in [1.807, 2.05) is 6.07 Å². The van der Waals surface area contributed by atoms with Crippen LogP contribution in [0.1, 0.15) is 31.7 Å². The lowest BCUT2D eigenvalue weighted by molar-refractivity contribution is 0.234. The summed E-state index contributed by atoms with van der Waals surface area (Å²) < 4.78 is 6.63. The molecule has 1 atom stereocenters. The van der Waals surface area contributed by atoms with E-state index in [1.54, 1.807) is 0 Å². The van der Waals surface area contributed by atoms with Crippen LogP contribution in [0.3, 0.4) is 0 Å². The standard InChI is InChI=1S/C16H20BrN3O/c1-10(2)16(6-7-18-9-16)15-19-14(20-21-15)12-5-4-11(3)8-13(12)17/h4-5,8,10,18H,6-7,9H2,1-3H3. The molecule has 3 rings (SSSR count). The van der Waals surface area contributed by atoms with Gasteiger partial charge in [-0.05, 0) is 43.5 Å². The zero-order valence-electron chi connectivity index (χ0n) is 12.6. The number of nitrogens with one attached hydrogen (secondary N) is 1. The number of halogens is 1. The Labute approximate surface area is 133 Å². The number of benzene rings is 1. The van der Waals surface area contributed by atoms with Gasteiger partial charge in [-0.25, -0.2) is 0 Å². The van der Waals surface area contributed by atoms with Crippen LogP contribution in [0.25, 0.3) is 11.4 Å². The minimum Gasteiger partial charge on any atom is -0.338 e. The van der Waals surface area contributed by atoms with Gasteiger partial charge in [-0.15, -0.1) is 0 Å². The van der Waals surface area contributed by atoms with E-state index in [1.165, 1.54) is 5.56 Å². The minimum absolute atomic E-state index is 0.0393. The van der Waals surface area contributed by atoms with Crippen LogP contribution in [-0.4, -0.2) is 23.2 Å². The predicted octanol–water partition coefficient (Wildman–Crippen LogP) is 3.69. The molecule has 1 aromatic carbocycles. The van der Waals surface area contributed by atoms with E-state index in [2.05, 4.69) is 59.3 Å². The van der Waals surface area contributed by atoms with Crippen LogP contribution in [0, 0.1) is 12.8 Å². The first-order chi connectivity index (χ1) is 10.0. The molecular weight excluding hydrogens is 330 g/mol. The van der Waals surface area contributed by atoms with Gasteiger partial charge >= 0.3 is 0 Å². The summed E-state index contributed by atoms with van der Waals surface area (Å²) >= 11 is 3.58. The van der Waals surface area contributed by atoms with Crippen molar-refractivity contribution >= 4 is 15.9 Å². The molecule has 0 bridgehead atoms. The van der Waals surface area contributed by atoms with Crippen molar-refractivity contribution < 1.29 is 4.52 Å². The third-order valence-electron chi connectivity index (χ3n) is 4.51. The van der Waals surface area contributed by atoms with Crippen molar-refractivity contribution in [3.63, 3.8) is 0 Å². The number of hydrogen-bond donors (Lipinski definition) is 1. The Bertz CT molecular complexity index is 645. The van der Waals surface area contributed by atoms with Gasteiger partial charge in [0.05, 0.1) is 5.41 Å². The van der Waals surface area contributed by atoms with Crippen LogP contribution < -0.4 is 5.32 Å². The van der Waals surface area contributed by atoms with E-state index < -0.39 is 0 Å². The molecule has 1 unspecified atom stereocenters. The predicted molar refractivity (Wildman–Crippen MR) is 86.2 cm³/mol. The molecule has 4 nitrogen and oxygen atoms in total. The van der Waals surface area contributed by atoms with E-state index in [4.69, 9.17) is 9.51 Å². The maximum absolute atomic E-state index is 5.63. The first-order valence-corrected chi connectivity index (χ1v) is 8.14. The summed E-state index contributed by atoms with van der Waals surface area (Å²) in [4.78, 5) is 4.70. The molecule has 5 heteroatoms. The molecule has 1 aliphatic rings. The molecule has 2 heterocycles. The largest absolute Gasteiger partial charge is 0.338 e. The molecule has 1 saturated heterocycles. The van der Waals surface area contributed by atoms with Gasteiger partial charge in [0, 0.05) is 16.6 Å². The van der Waals surface area contributed by atoms with Crippen molar-refractivity contribution in [2.24, 2.45) is 5.92 Å². The molecule has 1 N–H and O–H groups in total. The molecule has 1 fully saturated rings. The van der Waals surface area contributed by atoms with Crippen LogP contribution in [0.4, 0.5) is 0 Å². The SMILES string of the molecule is Cc1ccc(-c2noc(C3(C(C)C)CCNC3)n2)c(Br)c1. The topological polar surface area (TPSA) is 51.0 Å². The van der Waals surface area contributed by atoms with E-state index in [0.717, 1.165) is 35.4 Å². The van der Waals surface area contributed by atoms with Crippen molar-refractivity contribution in [3.05, 3.63) is 34.1 Å². The molecule has 21 heavy (non-hydrogen) atoms. The van der Waals surface area contributed by atoms with Crippen molar-refractivity contribution in [2.45, 2.75) is 32.6 Å². The molecule has 0 amide bonds. The molecule has 2 aromatic rings. The summed E-state index contributed by atoms with van der Waals surface area (Å²) in [5, 5.41) is 7.63. The number of aryl methyl sites for hydroxylation is 1.